The fraction of sp³-hybridized carbons (Fsp3) is 0.154. The highest BCUT2D eigenvalue weighted by atomic mass is 35.5. The third kappa shape index (κ3) is 6.54. The van der Waals surface area contributed by atoms with Gasteiger partial charge < -0.3 is 19.0 Å². The Kier molecular flexibility index (Phi) is 9.03. The molecule has 2 heterocycles. The zero-order chi connectivity index (χ0) is 35.1. The summed E-state index contributed by atoms with van der Waals surface area (Å²) < 4.78 is 33.4. The van der Waals surface area contributed by atoms with E-state index in [1.54, 1.807) is 28.8 Å². The standard InChI is InChI=1S/C39H32Cl2F2N6O/c1-23-15-29(42)11-8-27(23)20-47-35-14-7-25(17-36(35)48(38(47)44)22-37(50)26-10-13-31(40)32(41)18-26)19-45-39-46-33-5-3-4-6-34(33)49(39)21-28-9-12-30(43)16-24(28)2/h3-18,44H,19-22H2,1-2H3,(H,45,46). The first-order valence-corrected chi connectivity index (χ1v) is 16.8. The van der Waals surface area contributed by atoms with Crippen LogP contribution in [0, 0.1) is 30.9 Å². The molecule has 0 aliphatic carbocycles. The SMILES string of the molecule is Cc1cc(F)ccc1Cn1c(NCc2ccc3c(c2)n(CC(=O)c2ccc(Cl)c(Cl)c2)c(=N)n3Cc2ccc(F)cc2C)nc2ccccc21. The van der Waals surface area contributed by atoms with Crippen molar-refractivity contribution in [3.63, 3.8) is 0 Å². The minimum absolute atomic E-state index is 0.105. The van der Waals surface area contributed by atoms with Gasteiger partial charge in [0.15, 0.2) is 5.78 Å². The molecule has 0 radical (unpaired) electrons. The number of para-hydroxylation sites is 2. The number of anilines is 1. The second-order valence-corrected chi connectivity index (χ2v) is 13.2. The highest BCUT2D eigenvalue weighted by Gasteiger charge is 2.18. The molecule has 0 aliphatic rings. The number of halogens is 4. The summed E-state index contributed by atoms with van der Waals surface area (Å²) in [6.07, 6.45) is 0. The largest absolute Gasteiger partial charge is 0.352 e. The maximum absolute atomic E-state index is 13.9. The van der Waals surface area contributed by atoms with Crippen LogP contribution in [-0.2, 0) is 26.2 Å². The van der Waals surface area contributed by atoms with Gasteiger partial charge in [-0.25, -0.2) is 13.8 Å². The highest BCUT2D eigenvalue weighted by molar-refractivity contribution is 6.42. The number of hydrogen-bond donors (Lipinski definition) is 2. The first-order chi connectivity index (χ1) is 24.0. The molecule has 0 atom stereocenters. The minimum Gasteiger partial charge on any atom is -0.352 e. The van der Waals surface area contributed by atoms with Crippen LogP contribution in [-0.4, -0.2) is 24.5 Å². The second kappa shape index (κ2) is 13.6. The van der Waals surface area contributed by atoms with Crippen LogP contribution in [0.4, 0.5) is 14.7 Å². The summed E-state index contributed by atoms with van der Waals surface area (Å²) in [5, 5.41) is 13.3. The van der Waals surface area contributed by atoms with Gasteiger partial charge in [0, 0.05) is 12.1 Å². The number of carbonyl (C=O) groups excluding carboxylic acids is 1. The van der Waals surface area contributed by atoms with Crippen molar-refractivity contribution in [1.82, 2.24) is 18.7 Å². The first kappa shape index (κ1) is 33.3. The van der Waals surface area contributed by atoms with Crippen molar-refractivity contribution in [3.8, 4) is 0 Å². The molecular weight excluding hydrogens is 677 g/mol. The molecular formula is C39H32Cl2F2N6O. The van der Waals surface area contributed by atoms with Crippen LogP contribution in [0.1, 0.15) is 38.2 Å². The third-order valence-corrected chi connectivity index (χ3v) is 9.79. The molecule has 5 aromatic carbocycles. The van der Waals surface area contributed by atoms with E-state index < -0.39 is 0 Å². The number of hydrogen-bond acceptors (Lipinski definition) is 4. The van der Waals surface area contributed by atoms with Crippen LogP contribution in [0.2, 0.25) is 10.0 Å². The molecule has 0 aliphatic heterocycles. The summed E-state index contributed by atoms with van der Waals surface area (Å²) in [7, 11) is 0. The molecule has 2 N–H and O–H groups in total. The van der Waals surface area contributed by atoms with E-state index in [0.29, 0.717) is 41.7 Å². The predicted molar refractivity (Wildman–Crippen MR) is 194 cm³/mol. The van der Waals surface area contributed by atoms with Gasteiger partial charge in [-0.05, 0) is 108 Å². The Labute approximate surface area is 296 Å². The van der Waals surface area contributed by atoms with Crippen molar-refractivity contribution >= 4 is 57.0 Å². The Morgan fingerprint density at radius 1 is 0.740 bits per heavy atom. The third-order valence-electron chi connectivity index (χ3n) is 9.05. The molecule has 11 heteroatoms. The van der Waals surface area contributed by atoms with Crippen LogP contribution in [0.5, 0.6) is 0 Å². The Bertz CT molecular complexity index is 2500. The van der Waals surface area contributed by atoms with Gasteiger partial charge in [-0.2, -0.15) is 0 Å². The highest BCUT2D eigenvalue weighted by Crippen LogP contribution is 2.26. The molecule has 0 bridgehead atoms. The minimum atomic E-state index is -0.324. The summed E-state index contributed by atoms with van der Waals surface area (Å²) in [6, 6.07) is 27.9. The summed E-state index contributed by atoms with van der Waals surface area (Å²) in [5.74, 6) is -0.171. The zero-order valence-corrected chi connectivity index (χ0v) is 28.8. The number of benzene rings is 5. The molecule has 7 aromatic rings. The maximum Gasteiger partial charge on any atom is 0.204 e. The number of carbonyl (C=O) groups is 1. The van der Waals surface area contributed by atoms with E-state index in [1.807, 2.05) is 60.9 Å². The molecule has 0 fully saturated rings. The zero-order valence-electron chi connectivity index (χ0n) is 27.3. The summed E-state index contributed by atoms with van der Waals surface area (Å²) in [6.45, 7) is 4.85. The number of nitrogens with zero attached hydrogens (tertiary/aromatic N) is 4. The molecule has 50 heavy (non-hydrogen) atoms. The number of nitrogens with one attached hydrogen (secondary N) is 2. The summed E-state index contributed by atoms with van der Waals surface area (Å²) >= 11 is 12.3. The van der Waals surface area contributed by atoms with E-state index in [4.69, 9.17) is 28.2 Å². The second-order valence-electron chi connectivity index (χ2n) is 12.4. The van der Waals surface area contributed by atoms with Gasteiger partial charge in [0.2, 0.25) is 11.6 Å². The normalized spacial score (nSPS) is 11.5. The fourth-order valence-electron chi connectivity index (χ4n) is 6.29. The molecule has 0 saturated carbocycles. The van der Waals surface area contributed by atoms with Gasteiger partial charge in [0.1, 0.15) is 11.6 Å². The molecule has 0 saturated heterocycles. The molecule has 0 spiro atoms. The number of rotatable bonds is 10. The summed E-state index contributed by atoms with van der Waals surface area (Å²) in [5.41, 5.74) is 8.09. The first-order valence-electron chi connectivity index (χ1n) is 16.0. The van der Waals surface area contributed by atoms with Crippen LogP contribution in [0.15, 0.2) is 97.1 Å². The molecule has 7 rings (SSSR count). The Hall–Kier alpha value is -5.25. The summed E-state index contributed by atoms with van der Waals surface area (Å²) in [4.78, 5) is 18.4. The van der Waals surface area contributed by atoms with Gasteiger partial charge in [0.25, 0.3) is 0 Å². The van der Waals surface area contributed by atoms with E-state index in [0.717, 1.165) is 44.4 Å². The molecule has 0 amide bonds. The average molecular weight is 710 g/mol. The lowest BCUT2D eigenvalue weighted by Crippen LogP contribution is -2.28. The van der Waals surface area contributed by atoms with Crippen LogP contribution >= 0.6 is 23.2 Å². The number of imidazole rings is 2. The topological polar surface area (TPSA) is 80.6 Å². The van der Waals surface area contributed by atoms with Crippen molar-refractivity contribution in [2.24, 2.45) is 0 Å². The fourth-order valence-corrected chi connectivity index (χ4v) is 6.59. The van der Waals surface area contributed by atoms with Gasteiger partial charge in [0.05, 0.1) is 51.7 Å². The van der Waals surface area contributed by atoms with Crippen molar-refractivity contribution in [2.45, 2.75) is 40.0 Å². The van der Waals surface area contributed by atoms with Crippen LogP contribution in [0.3, 0.4) is 0 Å². The molecule has 0 unspecified atom stereocenters. The Morgan fingerprint density at radius 3 is 2.10 bits per heavy atom. The Morgan fingerprint density at radius 2 is 1.42 bits per heavy atom. The van der Waals surface area contributed by atoms with Crippen LogP contribution < -0.4 is 10.9 Å². The van der Waals surface area contributed by atoms with E-state index >= 15 is 0 Å². The Balaban J connectivity index is 1.25. The number of fused-ring (bicyclic) bond motifs is 2. The number of ketones is 1. The van der Waals surface area contributed by atoms with Crippen molar-refractivity contribution in [3.05, 3.63) is 158 Å². The maximum atomic E-state index is 13.9. The quantitative estimate of drug-likeness (QED) is 0.139. The monoisotopic (exact) mass is 708 g/mol. The van der Waals surface area contributed by atoms with Crippen molar-refractivity contribution < 1.29 is 13.6 Å². The van der Waals surface area contributed by atoms with E-state index in [-0.39, 0.29) is 34.6 Å². The van der Waals surface area contributed by atoms with Gasteiger partial charge in [-0.15, -0.1) is 0 Å². The number of aromatic nitrogens is 4. The van der Waals surface area contributed by atoms with E-state index in [2.05, 4.69) is 9.88 Å². The van der Waals surface area contributed by atoms with Gasteiger partial charge in [-0.3, -0.25) is 10.2 Å². The smallest absolute Gasteiger partial charge is 0.204 e. The van der Waals surface area contributed by atoms with E-state index in [1.165, 1.54) is 30.3 Å². The van der Waals surface area contributed by atoms with Crippen molar-refractivity contribution in [2.75, 3.05) is 5.32 Å². The van der Waals surface area contributed by atoms with Crippen LogP contribution in [0.25, 0.3) is 22.1 Å². The lowest BCUT2D eigenvalue weighted by atomic mass is 10.1. The lowest BCUT2D eigenvalue weighted by molar-refractivity contribution is 0.0971. The average Bonchev–Trinajstić information content (AvgIpc) is 3.57. The number of Topliss-reactive ketones (excluding diaryl/α,β-unsaturated/α-hetero) is 1. The van der Waals surface area contributed by atoms with E-state index in [9.17, 15) is 19.0 Å². The predicted octanol–water partition coefficient (Wildman–Crippen LogP) is 9.07. The van der Waals surface area contributed by atoms with Gasteiger partial charge >= 0.3 is 0 Å². The molecule has 252 valence electrons. The van der Waals surface area contributed by atoms with Gasteiger partial charge in [-0.1, -0.05) is 53.5 Å². The molecule has 2 aromatic heterocycles. The van der Waals surface area contributed by atoms with Crippen molar-refractivity contribution in [1.29, 1.82) is 5.41 Å². The lowest BCUT2D eigenvalue weighted by Gasteiger charge is -2.13. The molecule has 7 nitrogen and oxygen atoms in total. The number of aryl methyl sites for hydroxylation is 2.